The first-order valence-electron chi connectivity index (χ1n) is 10.5. The molecule has 1 aliphatic heterocycles. The molecule has 164 valence electrons. The second kappa shape index (κ2) is 13.1. The number of piperidine rings is 1. The molecule has 1 fully saturated rings. The lowest BCUT2D eigenvalue weighted by atomic mass is 10.0. The average Bonchev–Trinajstić information content (AvgIpc) is 2.70. The van der Waals surface area contributed by atoms with E-state index in [1.807, 2.05) is 24.3 Å². The van der Waals surface area contributed by atoms with Crippen LogP contribution in [0.4, 0.5) is 0 Å². The number of amides is 1. The second-order valence-corrected chi connectivity index (χ2v) is 7.90. The van der Waals surface area contributed by atoms with Crippen LogP contribution in [0.3, 0.4) is 0 Å². The van der Waals surface area contributed by atoms with Crippen molar-refractivity contribution < 1.29 is 4.79 Å². The van der Waals surface area contributed by atoms with Crippen LogP contribution in [-0.4, -0.2) is 67.5 Å². The summed E-state index contributed by atoms with van der Waals surface area (Å²) in [4.78, 5) is 20.9. The number of aliphatic imine (C=N–C) groups is 1. The van der Waals surface area contributed by atoms with Crippen molar-refractivity contribution in [1.29, 1.82) is 0 Å². The molecule has 29 heavy (non-hydrogen) atoms. The first-order valence-corrected chi connectivity index (χ1v) is 10.5. The van der Waals surface area contributed by atoms with Gasteiger partial charge in [0.15, 0.2) is 5.96 Å². The standard InChI is InChI=1S/C22H37N5O.HI/c1-6-23-22(24-15-18(3)27-14-8-7-9-17(27)2)25-16-19-10-12-20(13-11-19)21(28)26(4)5;/h10-13,17-18H,6-9,14-16H2,1-5H3,(H2,23,24,25);1H. The van der Waals surface area contributed by atoms with Crippen molar-refractivity contribution in [3.05, 3.63) is 35.4 Å². The largest absolute Gasteiger partial charge is 0.357 e. The molecule has 1 aliphatic rings. The monoisotopic (exact) mass is 515 g/mol. The van der Waals surface area contributed by atoms with E-state index in [0.29, 0.717) is 24.2 Å². The minimum absolute atomic E-state index is 0. The van der Waals surface area contributed by atoms with Gasteiger partial charge in [0.25, 0.3) is 5.91 Å². The Morgan fingerprint density at radius 2 is 1.93 bits per heavy atom. The molecule has 2 atom stereocenters. The van der Waals surface area contributed by atoms with E-state index in [0.717, 1.165) is 24.6 Å². The van der Waals surface area contributed by atoms with Gasteiger partial charge >= 0.3 is 0 Å². The molecular formula is C22H38IN5O. The molecule has 0 bridgehead atoms. The normalized spacial score (nSPS) is 18.5. The van der Waals surface area contributed by atoms with Gasteiger partial charge in [-0.05, 0) is 57.9 Å². The van der Waals surface area contributed by atoms with E-state index in [4.69, 9.17) is 4.99 Å². The van der Waals surface area contributed by atoms with Gasteiger partial charge in [0.1, 0.15) is 0 Å². The molecule has 2 unspecified atom stereocenters. The van der Waals surface area contributed by atoms with Crippen molar-refractivity contribution in [3.8, 4) is 0 Å². The van der Waals surface area contributed by atoms with E-state index in [1.165, 1.54) is 25.8 Å². The molecule has 7 heteroatoms. The topological polar surface area (TPSA) is 60.0 Å². The number of halogens is 1. The molecule has 2 N–H and O–H groups in total. The Morgan fingerprint density at radius 1 is 1.24 bits per heavy atom. The Balaban J connectivity index is 0.00000420. The van der Waals surface area contributed by atoms with Crippen LogP contribution >= 0.6 is 24.0 Å². The van der Waals surface area contributed by atoms with Gasteiger partial charge in [-0.3, -0.25) is 9.69 Å². The summed E-state index contributed by atoms with van der Waals surface area (Å²) in [6.45, 7) is 10.2. The molecule has 6 nitrogen and oxygen atoms in total. The van der Waals surface area contributed by atoms with Crippen LogP contribution in [0, 0.1) is 0 Å². The average molecular weight is 515 g/mol. The smallest absolute Gasteiger partial charge is 0.253 e. The predicted molar refractivity (Wildman–Crippen MR) is 132 cm³/mol. The fourth-order valence-corrected chi connectivity index (χ4v) is 3.66. The number of benzene rings is 1. The van der Waals surface area contributed by atoms with E-state index in [-0.39, 0.29) is 29.9 Å². The predicted octanol–water partition coefficient (Wildman–Crippen LogP) is 3.32. The SMILES string of the molecule is CCNC(=NCc1ccc(C(=O)N(C)C)cc1)NCC(C)N1CCCCC1C.I. The van der Waals surface area contributed by atoms with Gasteiger partial charge in [0.05, 0.1) is 6.54 Å². The second-order valence-electron chi connectivity index (χ2n) is 7.90. The number of nitrogens with zero attached hydrogens (tertiary/aromatic N) is 3. The summed E-state index contributed by atoms with van der Waals surface area (Å²) in [5, 5.41) is 6.82. The van der Waals surface area contributed by atoms with Crippen LogP contribution in [0.2, 0.25) is 0 Å². The quantitative estimate of drug-likeness (QED) is 0.333. The summed E-state index contributed by atoms with van der Waals surface area (Å²) in [5.74, 6) is 0.860. The number of rotatable bonds is 7. The lowest BCUT2D eigenvalue weighted by Crippen LogP contribution is -2.50. The number of hydrogen-bond acceptors (Lipinski definition) is 3. The third-order valence-corrected chi connectivity index (χ3v) is 5.36. The molecule has 0 aromatic heterocycles. The van der Waals surface area contributed by atoms with Crippen molar-refractivity contribution in [1.82, 2.24) is 20.4 Å². The number of carbonyl (C=O) groups is 1. The number of nitrogens with one attached hydrogen (secondary N) is 2. The maximum Gasteiger partial charge on any atom is 0.253 e. The molecular weight excluding hydrogens is 477 g/mol. The van der Waals surface area contributed by atoms with Crippen LogP contribution in [0.15, 0.2) is 29.3 Å². The van der Waals surface area contributed by atoms with Crippen molar-refractivity contribution in [3.63, 3.8) is 0 Å². The third kappa shape index (κ3) is 8.12. The molecule has 2 rings (SSSR count). The number of guanidine groups is 1. The van der Waals surface area contributed by atoms with Crippen LogP contribution in [-0.2, 0) is 6.54 Å². The van der Waals surface area contributed by atoms with Crippen molar-refractivity contribution in [2.24, 2.45) is 4.99 Å². The zero-order valence-electron chi connectivity index (χ0n) is 18.6. The van der Waals surface area contributed by atoms with Gasteiger partial charge in [0.2, 0.25) is 0 Å². The zero-order chi connectivity index (χ0) is 20.5. The van der Waals surface area contributed by atoms with Crippen molar-refractivity contribution in [2.45, 2.75) is 58.7 Å². The van der Waals surface area contributed by atoms with E-state index in [9.17, 15) is 4.79 Å². The van der Waals surface area contributed by atoms with Crippen molar-refractivity contribution >= 4 is 35.8 Å². The minimum atomic E-state index is 0. The van der Waals surface area contributed by atoms with Crippen LogP contribution < -0.4 is 10.6 Å². The Labute approximate surface area is 193 Å². The van der Waals surface area contributed by atoms with E-state index >= 15 is 0 Å². The Kier molecular flexibility index (Phi) is 11.6. The molecule has 1 amide bonds. The van der Waals surface area contributed by atoms with Gasteiger partial charge in [-0.2, -0.15) is 0 Å². The van der Waals surface area contributed by atoms with E-state index < -0.39 is 0 Å². The van der Waals surface area contributed by atoms with Crippen LogP contribution in [0.1, 0.15) is 56.0 Å². The number of likely N-dealkylation sites (tertiary alicyclic amines) is 1. The van der Waals surface area contributed by atoms with Crippen LogP contribution in [0.25, 0.3) is 0 Å². The third-order valence-electron chi connectivity index (χ3n) is 5.36. The molecule has 0 aliphatic carbocycles. The summed E-state index contributed by atoms with van der Waals surface area (Å²) in [5.41, 5.74) is 1.79. The van der Waals surface area contributed by atoms with Crippen molar-refractivity contribution in [2.75, 3.05) is 33.7 Å². The fraction of sp³-hybridized carbons (Fsp3) is 0.636. The zero-order valence-corrected chi connectivity index (χ0v) is 20.9. The Hall–Kier alpha value is -1.35. The molecule has 0 saturated carbocycles. The highest BCUT2D eigenvalue weighted by Gasteiger charge is 2.22. The number of hydrogen-bond donors (Lipinski definition) is 2. The Bertz CT molecular complexity index is 647. The minimum Gasteiger partial charge on any atom is -0.357 e. The highest BCUT2D eigenvalue weighted by Crippen LogP contribution is 2.18. The van der Waals surface area contributed by atoms with Gasteiger partial charge in [0, 0.05) is 44.8 Å². The van der Waals surface area contributed by atoms with E-state index in [1.54, 1.807) is 19.0 Å². The summed E-state index contributed by atoms with van der Waals surface area (Å²) < 4.78 is 0. The summed E-state index contributed by atoms with van der Waals surface area (Å²) in [7, 11) is 3.53. The van der Waals surface area contributed by atoms with Gasteiger partial charge < -0.3 is 15.5 Å². The molecule has 0 spiro atoms. The maximum absolute atomic E-state index is 12.0. The lowest BCUT2D eigenvalue weighted by molar-refractivity contribution is 0.0827. The maximum atomic E-state index is 12.0. The van der Waals surface area contributed by atoms with E-state index in [2.05, 4.69) is 36.3 Å². The first kappa shape index (κ1) is 25.7. The van der Waals surface area contributed by atoms with Gasteiger partial charge in [-0.15, -0.1) is 24.0 Å². The molecule has 0 radical (unpaired) electrons. The van der Waals surface area contributed by atoms with Gasteiger partial charge in [-0.25, -0.2) is 4.99 Å². The fourth-order valence-electron chi connectivity index (χ4n) is 3.66. The lowest BCUT2D eigenvalue weighted by Gasteiger charge is -2.38. The number of carbonyl (C=O) groups excluding carboxylic acids is 1. The summed E-state index contributed by atoms with van der Waals surface area (Å²) in [6.07, 6.45) is 3.95. The highest BCUT2D eigenvalue weighted by molar-refractivity contribution is 14.0. The molecule has 1 heterocycles. The van der Waals surface area contributed by atoms with Gasteiger partial charge in [-0.1, -0.05) is 18.6 Å². The Morgan fingerprint density at radius 3 is 2.52 bits per heavy atom. The molecule has 1 aromatic rings. The summed E-state index contributed by atoms with van der Waals surface area (Å²) in [6, 6.07) is 8.83. The molecule has 1 saturated heterocycles. The first-order chi connectivity index (χ1) is 13.4. The molecule has 1 aromatic carbocycles. The van der Waals surface area contributed by atoms with Crippen LogP contribution in [0.5, 0.6) is 0 Å². The summed E-state index contributed by atoms with van der Waals surface area (Å²) >= 11 is 0. The highest BCUT2D eigenvalue weighted by atomic mass is 127.